The SMILES string of the molecule is Cc1cccc(C)c1NC(=O)C(C)Sc1nnc(C(C)(C)C)n1N. The predicted molar refractivity (Wildman–Crippen MR) is 98.7 cm³/mol. The van der Waals surface area contributed by atoms with E-state index < -0.39 is 0 Å². The lowest BCUT2D eigenvalue weighted by atomic mass is 9.96. The third kappa shape index (κ3) is 3.90. The average molecular weight is 347 g/mol. The van der Waals surface area contributed by atoms with E-state index in [-0.39, 0.29) is 16.6 Å². The Labute approximate surface area is 147 Å². The summed E-state index contributed by atoms with van der Waals surface area (Å²) in [6, 6.07) is 5.93. The zero-order chi connectivity index (χ0) is 18.1. The van der Waals surface area contributed by atoms with E-state index in [0.29, 0.717) is 11.0 Å². The van der Waals surface area contributed by atoms with Crippen LogP contribution in [0.2, 0.25) is 0 Å². The van der Waals surface area contributed by atoms with Gasteiger partial charge in [0.05, 0.1) is 5.25 Å². The number of amides is 1. The summed E-state index contributed by atoms with van der Waals surface area (Å²) >= 11 is 1.30. The van der Waals surface area contributed by atoms with Crippen LogP contribution in [-0.4, -0.2) is 26.0 Å². The van der Waals surface area contributed by atoms with E-state index >= 15 is 0 Å². The number of nitrogens with one attached hydrogen (secondary N) is 1. The minimum Gasteiger partial charge on any atom is -0.336 e. The van der Waals surface area contributed by atoms with Gasteiger partial charge in [-0.15, -0.1) is 10.2 Å². The Balaban J connectivity index is 2.11. The minimum atomic E-state index is -0.344. The fraction of sp³-hybridized carbons (Fsp3) is 0.471. The Morgan fingerprint density at radius 1 is 1.25 bits per heavy atom. The van der Waals surface area contributed by atoms with Gasteiger partial charge in [-0.25, -0.2) is 4.68 Å². The van der Waals surface area contributed by atoms with E-state index in [1.165, 1.54) is 16.4 Å². The molecule has 1 unspecified atom stereocenters. The summed E-state index contributed by atoms with van der Waals surface area (Å²) in [5, 5.41) is 11.4. The molecule has 2 aromatic rings. The summed E-state index contributed by atoms with van der Waals surface area (Å²) in [6.07, 6.45) is 0. The standard InChI is InChI=1S/C17H25N5OS/c1-10-8-7-9-11(2)13(10)19-14(23)12(3)24-16-21-20-15(22(16)18)17(4,5)6/h7-9,12H,18H2,1-6H3,(H,19,23). The first-order chi connectivity index (χ1) is 11.1. The summed E-state index contributed by atoms with van der Waals surface area (Å²) in [4.78, 5) is 12.5. The number of hydrogen-bond acceptors (Lipinski definition) is 5. The molecule has 0 aliphatic carbocycles. The third-order valence-electron chi connectivity index (χ3n) is 3.72. The predicted octanol–water partition coefficient (Wildman–Crippen LogP) is 3.03. The van der Waals surface area contributed by atoms with Gasteiger partial charge in [0.1, 0.15) is 0 Å². The molecule has 0 aliphatic heterocycles. The van der Waals surface area contributed by atoms with Crippen LogP contribution in [0.25, 0.3) is 0 Å². The summed E-state index contributed by atoms with van der Waals surface area (Å²) in [5.41, 5.74) is 2.74. The molecule has 0 saturated heterocycles. The van der Waals surface area contributed by atoms with Crippen LogP contribution >= 0.6 is 11.8 Å². The number of nitrogens with two attached hydrogens (primary N) is 1. The van der Waals surface area contributed by atoms with Crippen LogP contribution < -0.4 is 11.2 Å². The van der Waals surface area contributed by atoms with Crippen molar-refractivity contribution in [2.45, 2.75) is 57.4 Å². The summed E-state index contributed by atoms with van der Waals surface area (Å²) < 4.78 is 1.47. The molecule has 2 rings (SSSR count). The Kier molecular flexibility index (Phi) is 5.22. The van der Waals surface area contributed by atoms with Crippen LogP contribution in [0, 0.1) is 13.8 Å². The molecule has 1 aromatic carbocycles. The molecule has 0 aliphatic rings. The van der Waals surface area contributed by atoms with Crippen molar-refractivity contribution in [1.29, 1.82) is 0 Å². The van der Waals surface area contributed by atoms with E-state index in [2.05, 4.69) is 15.5 Å². The summed E-state index contributed by atoms with van der Waals surface area (Å²) in [6.45, 7) is 11.8. The number of para-hydroxylation sites is 1. The second-order valence-electron chi connectivity index (χ2n) is 6.94. The van der Waals surface area contributed by atoms with Crippen molar-refractivity contribution in [3.8, 4) is 0 Å². The molecule has 1 atom stereocenters. The molecule has 0 bridgehead atoms. The maximum Gasteiger partial charge on any atom is 0.237 e. The van der Waals surface area contributed by atoms with E-state index in [0.717, 1.165) is 16.8 Å². The number of rotatable bonds is 4. The first-order valence-electron chi connectivity index (χ1n) is 7.86. The Bertz CT molecular complexity index is 728. The lowest BCUT2D eigenvalue weighted by Gasteiger charge is -2.17. The monoisotopic (exact) mass is 347 g/mol. The van der Waals surface area contributed by atoms with Crippen LogP contribution in [0.5, 0.6) is 0 Å². The number of thioether (sulfide) groups is 1. The highest BCUT2D eigenvalue weighted by molar-refractivity contribution is 8.00. The van der Waals surface area contributed by atoms with Gasteiger partial charge in [0, 0.05) is 11.1 Å². The quantitative estimate of drug-likeness (QED) is 0.656. The van der Waals surface area contributed by atoms with Gasteiger partial charge >= 0.3 is 0 Å². The molecule has 1 amide bonds. The Morgan fingerprint density at radius 3 is 2.33 bits per heavy atom. The van der Waals surface area contributed by atoms with Crippen LogP contribution in [0.15, 0.2) is 23.4 Å². The number of hydrogen-bond donors (Lipinski definition) is 2. The van der Waals surface area contributed by atoms with Crippen molar-refractivity contribution in [1.82, 2.24) is 14.9 Å². The van der Waals surface area contributed by atoms with Crippen molar-refractivity contribution in [2.24, 2.45) is 0 Å². The second kappa shape index (κ2) is 6.84. The molecule has 0 spiro atoms. The number of aryl methyl sites for hydroxylation is 2. The molecular weight excluding hydrogens is 322 g/mol. The van der Waals surface area contributed by atoms with Crippen molar-refractivity contribution in [3.63, 3.8) is 0 Å². The number of nitrogens with zero attached hydrogens (tertiary/aromatic N) is 3. The molecule has 0 radical (unpaired) electrons. The van der Waals surface area contributed by atoms with Crippen LogP contribution in [-0.2, 0) is 10.2 Å². The number of benzene rings is 1. The van der Waals surface area contributed by atoms with Crippen molar-refractivity contribution >= 4 is 23.4 Å². The fourth-order valence-electron chi connectivity index (χ4n) is 2.32. The first-order valence-corrected chi connectivity index (χ1v) is 8.74. The van der Waals surface area contributed by atoms with Gasteiger partial charge in [-0.2, -0.15) is 0 Å². The number of nitrogen functional groups attached to an aromatic ring is 1. The molecule has 3 N–H and O–H groups in total. The summed E-state index contributed by atoms with van der Waals surface area (Å²) in [5.74, 6) is 6.68. The lowest BCUT2D eigenvalue weighted by molar-refractivity contribution is -0.115. The van der Waals surface area contributed by atoms with Crippen LogP contribution in [0.4, 0.5) is 5.69 Å². The minimum absolute atomic E-state index is 0.0855. The van der Waals surface area contributed by atoms with Crippen molar-refractivity contribution in [2.75, 3.05) is 11.2 Å². The number of anilines is 1. The van der Waals surface area contributed by atoms with Crippen LogP contribution in [0.1, 0.15) is 44.6 Å². The maximum absolute atomic E-state index is 12.5. The van der Waals surface area contributed by atoms with Crippen LogP contribution in [0.3, 0.4) is 0 Å². The molecule has 0 fully saturated rings. The topological polar surface area (TPSA) is 85.8 Å². The molecule has 6 nitrogen and oxygen atoms in total. The number of aromatic nitrogens is 3. The highest BCUT2D eigenvalue weighted by Crippen LogP contribution is 2.27. The molecule has 7 heteroatoms. The molecule has 1 heterocycles. The first kappa shape index (κ1) is 18.3. The maximum atomic E-state index is 12.5. The van der Waals surface area contributed by atoms with Crippen molar-refractivity contribution < 1.29 is 4.79 Å². The van der Waals surface area contributed by atoms with Gasteiger partial charge < -0.3 is 11.2 Å². The second-order valence-corrected chi connectivity index (χ2v) is 8.25. The van der Waals surface area contributed by atoms with Gasteiger partial charge in [0.15, 0.2) is 5.82 Å². The fourth-order valence-corrected chi connectivity index (χ4v) is 3.09. The van der Waals surface area contributed by atoms with E-state index in [9.17, 15) is 4.79 Å². The van der Waals surface area contributed by atoms with E-state index in [1.807, 2.05) is 59.7 Å². The van der Waals surface area contributed by atoms with Gasteiger partial charge in [0.25, 0.3) is 0 Å². The van der Waals surface area contributed by atoms with E-state index in [4.69, 9.17) is 5.84 Å². The third-order valence-corrected chi connectivity index (χ3v) is 4.77. The highest BCUT2D eigenvalue weighted by atomic mass is 32.2. The van der Waals surface area contributed by atoms with Gasteiger partial charge in [-0.3, -0.25) is 4.79 Å². The van der Waals surface area contributed by atoms with Gasteiger partial charge in [-0.1, -0.05) is 50.7 Å². The molecular formula is C17H25N5OS. The molecule has 0 saturated carbocycles. The average Bonchev–Trinajstić information content (AvgIpc) is 2.84. The lowest BCUT2D eigenvalue weighted by Crippen LogP contribution is -2.26. The Hall–Kier alpha value is -2.02. The van der Waals surface area contributed by atoms with Gasteiger partial charge in [0.2, 0.25) is 11.1 Å². The zero-order valence-corrected chi connectivity index (χ0v) is 15.9. The van der Waals surface area contributed by atoms with Gasteiger partial charge in [-0.05, 0) is 31.9 Å². The molecule has 130 valence electrons. The summed E-state index contributed by atoms with van der Waals surface area (Å²) in [7, 11) is 0. The zero-order valence-electron chi connectivity index (χ0n) is 15.0. The van der Waals surface area contributed by atoms with Crippen molar-refractivity contribution in [3.05, 3.63) is 35.2 Å². The largest absolute Gasteiger partial charge is 0.336 e. The molecule has 24 heavy (non-hydrogen) atoms. The molecule has 1 aromatic heterocycles. The highest BCUT2D eigenvalue weighted by Gasteiger charge is 2.25. The normalized spacial score (nSPS) is 12.9. The van der Waals surface area contributed by atoms with E-state index in [1.54, 1.807) is 0 Å². The smallest absolute Gasteiger partial charge is 0.237 e. The Morgan fingerprint density at radius 2 is 1.83 bits per heavy atom. The number of carbonyl (C=O) groups excluding carboxylic acids is 1. The number of carbonyl (C=O) groups is 1.